The largest absolute Gasteiger partial charge is 0.309 e. The van der Waals surface area contributed by atoms with Crippen LogP contribution in [0.1, 0.15) is 5.56 Å². The van der Waals surface area contributed by atoms with Crippen LogP contribution < -0.4 is 5.32 Å². The molecule has 122 valence electrons. The molecule has 3 atom stereocenters. The van der Waals surface area contributed by atoms with E-state index in [9.17, 15) is 14.0 Å². The number of halogens is 2. The molecule has 1 saturated carbocycles. The zero-order valence-corrected chi connectivity index (χ0v) is 12.4. The third-order valence-electron chi connectivity index (χ3n) is 4.79. The van der Waals surface area contributed by atoms with Crippen molar-refractivity contribution in [2.24, 2.45) is 16.8 Å². The van der Waals surface area contributed by atoms with Crippen LogP contribution >= 0.6 is 0 Å². The predicted molar refractivity (Wildman–Crippen MR) is 80.6 cm³/mol. The molecule has 3 aliphatic rings. The summed E-state index contributed by atoms with van der Waals surface area (Å²) in [4.78, 5) is 6.41. The van der Waals surface area contributed by atoms with E-state index in [1.807, 2.05) is 0 Å². The van der Waals surface area contributed by atoms with Crippen LogP contribution in [0, 0.1) is 23.5 Å². The van der Waals surface area contributed by atoms with Gasteiger partial charge in [-0.3, -0.25) is 15.1 Å². The lowest BCUT2D eigenvalue weighted by Crippen LogP contribution is -2.45. The van der Waals surface area contributed by atoms with Gasteiger partial charge in [0.2, 0.25) is 6.29 Å². The summed E-state index contributed by atoms with van der Waals surface area (Å²) in [5, 5.41) is 14.3. The third-order valence-corrected chi connectivity index (χ3v) is 4.79. The number of nitrogens with one attached hydrogen (secondary N) is 1. The fourth-order valence-electron chi connectivity index (χ4n) is 3.66. The number of hydrogen-bond donors (Lipinski definition) is 2. The van der Waals surface area contributed by atoms with Crippen LogP contribution in [-0.2, 0) is 6.54 Å². The van der Waals surface area contributed by atoms with Crippen molar-refractivity contribution in [3.63, 3.8) is 0 Å². The van der Waals surface area contributed by atoms with Gasteiger partial charge in [0.1, 0.15) is 11.6 Å². The van der Waals surface area contributed by atoms with Gasteiger partial charge in [-0.25, -0.2) is 13.8 Å². The summed E-state index contributed by atoms with van der Waals surface area (Å²) in [6.07, 6.45) is 4.63. The van der Waals surface area contributed by atoms with Crippen LogP contribution in [0.5, 0.6) is 0 Å². The summed E-state index contributed by atoms with van der Waals surface area (Å²) in [6, 6.07) is 3.96. The molecular formula is C16H18F2N4O. The van der Waals surface area contributed by atoms with Gasteiger partial charge >= 0.3 is 0 Å². The minimum atomic E-state index is -0.546. The minimum Gasteiger partial charge on any atom is -0.309 e. The Morgan fingerprint density at radius 2 is 1.87 bits per heavy atom. The summed E-state index contributed by atoms with van der Waals surface area (Å²) >= 11 is 0. The van der Waals surface area contributed by atoms with Crippen LogP contribution in [-0.4, -0.2) is 46.8 Å². The number of fused-ring (bicyclic) bond motifs is 1. The molecule has 5 nitrogen and oxygen atoms in total. The number of likely N-dealkylation sites (tertiary alicyclic amines) is 1. The first kappa shape index (κ1) is 14.7. The van der Waals surface area contributed by atoms with Gasteiger partial charge in [0.05, 0.1) is 0 Å². The minimum absolute atomic E-state index is 0.342. The second-order valence-electron chi connectivity index (χ2n) is 6.33. The first-order valence-electron chi connectivity index (χ1n) is 7.71. The quantitative estimate of drug-likeness (QED) is 0.884. The molecule has 1 aromatic rings. The normalized spacial score (nSPS) is 32.4. The first-order valence-corrected chi connectivity index (χ1v) is 7.71. The number of hydroxylamine groups is 2. The highest BCUT2D eigenvalue weighted by molar-refractivity contribution is 5.71. The van der Waals surface area contributed by atoms with E-state index >= 15 is 0 Å². The standard InChI is InChI=1S/C16H18F2N4O/c17-11-4-10(5-12(18)6-11)7-20-15-13-8-21(9-14(13)15)16-19-2-1-3-22(16)23/h1-6,13-16,20,23H,7-9H2. The molecule has 0 aromatic heterocycles. The average Bonchev–Trinajstić information content (AvgIpc) is 2.95. The molecule has 1 aromatic carbocycles. The average molecular weight is 320 g/mol. The van der Waals surface area contributed by atoms with E-state index in [0.717, 1.165) is 24.2 Å². The van der Waals surface area contributed by atoms with Crippen LogP contribution in [0.4, 0.5) is 8.78 Å². The summed E-state index contributed by atoms with van der Waals surface area (Å²) in [5.41, 5.74) is 0.618. The molecule has 0 amide bonds. The van der Waals surface area contributed by atoms with Crippen molar-refractivity contribution >= 4 is 6.21 Å². The van der Waals surface area contributed by atoms with Gasteiger partial charge in [-0.15, -0.1) is 0 Å². The van der Waals surface area contributed by atoms with Gasteiger partial charge in [-0.05, 0) is 35.6 Å². The van der Waals surface area contributed by atoms with E-state index in [1.165, 1.54) is 12.1 Å². The molecule has 3 unspecified atom stereocenters. The van der Waals surface area contributed by atoms with Crippen molar-refractivity contribution in [3.8, 4) is 0 Å². The van der Waals surface area contributed by atoms with Gasteiger partial charge in [-0.2, -0.15) is 0 Å². The van der Waals surface area contributed by atoms with Crippen molar-refractivity contribution in [2.75, 3.05) is 13.1 Å². The van der Waals surface area contributed by atoms with E-state index < -0.39 is 11.6 Å². The van der Waals surface area contributed by atoms with Crippen molar-refractivity contribution in [3.05, 3.63) is 47.7 Å². The molecule has 1 aliphatic carbocycles. The fraction of sp³-hybridized carbons (Fsp3) is 0.438. The lowest BCUT2D eigenvalue weighted by molar-refractivity contribution is -0.127. The Labute approximate surface area is 132 Å². The SMILES string of the molecule is ON1C=CC=NC1N1CC2C(C1)C2NCc1cc(F)cc(F)c1. The summed E-state index contributed by atoms with van der Waals surface area (Å²) in [6.45, 7) is 2.17. The maximum absolute atomic E-state index is 13.2. The highest BCUT2D eigenvalue weighted by Gasteiger charge is 2.56. The molecule has 0 bridgehead atoms. The number of rotatable bonds is 4. The molecule has 0 spiro atoms. The van der Waals surface area contributed by atoms with Gasteiger partial charge < -0.3 is 5.32 Å². The number of benzene rings is 1. The third kappa shape index (κ3) is 2.87. The highest BCUT2D eigenvalue weighted by Crippen LogP contribution is 2.46. The maximum atomic E-state index is 13.2. The summed E-state index contributed by atoms with van der Waals surface area (Å²) < 4.78 is 26.3. The molecule has 2 heterocycles. The zero-order chi connectivity index (χ0) is 16.0. The predicted octanol–water partition coefficient (Wildman–Crippen LogP) is 1.56. The van der Waals surface area contributed by atoms with E-state index in [4.69, 9.17) is 0 Å². The van der Waals surface area contributed by atoms with E-state index in [1.54, 1.807) is 18.5 Å². The van der Waals surface area contributed by atoms with Gasteiger partial charge in [0, 0.05) is 44.2 Å². The number of aliphatic imine (C=N–C) groups is 1. The topological polar surface area (TPSA) is 51.1 Å². The second-order valence-corrected chi connectivity index (χ2v) is 6.33. The Hall–Kier alpha value is -1.83. The van der Waals surface area contributed by atoms with Crippen molar-refractivity contribution in [2.45, 2.75) is 18.9 Å². The Morgan fingerprint density at radius 3 is 2.52 bits per heavy atom. The fourth-order valence-corrected chi connectivity index (χ4v) is 3.66. The summed E-state index contributed by atoms with van der Waals surface area (Å²) in [7, 11) is 0. The van der Waals surface area contributed by atoms with Gasteiger partial charge in [0.25, 0.3) is 0 Å². The first-order chi connectivity index (χ1) is 11.1. The molecule has 1 saturated heterocycles. The zero-order valence-electron chi connectivity index (χ0n) is 12.4. The van der Waals surface area contributed by atoms with Crippen molar-refractivity contribution in [1.82, 2.24) is 15.3 Å². The van der Waals surface area contributed by atoms with Crippen LogP contribution in [0.3, 0.4) is 0 Å². The molecule has 0 radical (unpaired) electrons. The smallest absolute Gasteiger partial charge is 0.201 e. The Bertz CT molecular complexity index is 633. The van der Waals surface area contributed by atoms with E-state index in [-0.39, 0.29) is 6.29 Å². The van der Waals surface area contributed by atoms with E-state index in [2.05, 4.69) is 15.2 Å². The molecule has 2 aliphatic heterocycles. The second kappa shape index (κ2) is 5.67. The van der Waals surface area contributed by atoms with Crippen LogP contribution in [0.15, 0.2) is 35.5 Å². The van der Waals surface area contributed by atoms with Crippen molar-refractivity contribution in [1.29, 1.82) is 0 Å². The maximum Gasteiger partial charge on any atom is 0.201 e. The monoisotopic (exact) mass is 320 g/mol. The summed E-state index contributed by atoms with van der Waals surface area (Å²) in [5.74, 6) is -0.0868. The lowest BCUT2D eigenvalue weighted by atomic mass is 10.2. The Morgan fingerprint density at radius 1 is 1.17 bits per heavy atom. The number of allylic oxidation sites excluding steroid dienone is 1. The highest BCUT2D eigenvalue weighted by atomic mass is 19.1. The molecule has 2 fully saturated rings. The number of nitrogens with zero attached hydrogens (tertiary/aromatic N) is 3. The van der Waals surface area contributed by atoms with E-state index in [0.29, 0.717) is 30.0 Å². The number of piperidine rings is 1. The number of hydrogen-bond acceptors (Lipinski definition) is 5. The van der Waals surface area contributed by atoms with Crippen molar-refractivity contribution < 1.29 is 14.0 Å². The molecule has 2 N–H and O–H groups in total. The molecular weight excluding hydrogens is 302 g/mol. The molecule has 23 heavy (non-hydrogen) atoms. The lowest BCUT2D eigenvalue weighted by Gasteiger charge is -2.32. The van der Waals surface area contributed by atoms with Gasteiger partial charge in [0.15, 0.2) is 0 Å². The van der Waals surface area contributed by atoms with Crippen LogP contribution in [0.25, 0.3) is 0 Å². The Balaban J connectivity index is 1.29. The Kier molecular flexibility index (Phi) is 3.63. The molecule has 7 heteroatoms. The van der Waals surface area contributed by atoms with Crippen LogP contribution in [0.2, 0.25) is 0 Å². The molecule has 4 rings (SSSR count). The van der Waals surface area contributed by atoms with Gasteiger partial charge in [-0.1, -0.05) is 0 Å².